The van der Waals surface area contributed by atoms with Crippen LogP contribution >= 0.6 is 0 Å². The van der Waals surface area contributed by atoms with Crippen molar-refractivity contribution < 1.29 is 13.9 Å². The van der Waals surface area contributed by atoms with Crippen molar-refractivity contribution in [2.45, 2.75) is 20.3 Å². The lowest BCUT2D eigenvalue weighted by Gasteiger charge is -2.11. The molecule has 0 bridgehead atoms. The van der Waals surface area contributed by atoms with Gasteiger partial charge in [-0.15, -0.1) is 0 Å². The Morgan fingerprint density at radius 2 is 1.86 bits per heavy atom. The van der Waals surface area contributed by atoms with Gasteiger partial charge in [0.15, 0.2) is 0 Å². The fraction of sp³-hybridized carbons (Fsp3) is 0.278. The van der Waals surface area contributed by atoms with Crippen molar-refractivity contribution >= 4 is 5.91 Å². The maximum Gasteiger partial charge on any atom is 0.224 e. The van der Waals surface area contributed by atoms with Crippen molar-refractivity contribution in [3.05, 3.63) is 65.0 Å². The summed E-state index contributed by atoms with van der Waals surface area (Å²) in [6, 6.07) is 11.8. The fourth-order valence-electron chi connectivity index (χ4n) is 2.08. The summed E-state index contributed by atoms with van der Waals surface area (Å²) in [4.78, 5) is 11.8. The number of halogens is 1. The van der Waals surface area contributed by atoms with Crippen LogP contribution in [0.4, 0.5) is 4.39 Å². The van der Waals surface area contributed by atoms with Crippen LogP contribution in [0, 0.1) is 19.7 Å². The van der Waals surface area contributed by atoms with Gasteiger partial charge in [-0.1, -0.05) is 24.3 Å². The number of carbonyl (C=O) groups excluding carboxylic acids is 1. The van der Waals surface area contributed by atoms with Crippen molar-refractivity contribution in [3.8, 4) is 5.75 Å². The Labute approximate surface area is 130 Å². The molecule has 0 heterocycles. The topological polar surface area (TPSA) is 38.3 Å². The van der Waals surface area contributed by atoms with E-state index in [9.17, 15) is 9.18 Å². The van der Waals surface area contributed by atoms with Crippen molar-refractivity contribution in [1.29, 1.82) is 0 Å². The molecule has 0 atom stereocenters. The van der Waals surface area contributed by atoms with Gasteiger partial charge in [-0.25, -0.2) is 4.39 Å². The molecule has 2 aromatic carbocycles. The first kappa shape index (κ1) is 16.0. The molecular formula is C18H20FNO2. The molecule has 116 valence electrons. The van der Waals surface area contributed by atoms with Crippen LogP contribution in [0.25, 0.3) is 0 Å². The molecule has 0 fully saturated rings. The summed E-state index contributed by atoms with van der Waals surface area (Å²) in [7, 11) is 0. The molecule has 0 aliphatic carbocycles. The summed E-state index contributed by atoms with van der Waals surface area (Å²) in [6.07, 6.45) is 0.240. The molecule has 0 aromatic heterocycles. The smallest absolute Gasteiger partial charge is 0.224 e. The Hall–Kier alpha value is -2.36. The molecule has 1 amide bonds. The standard InChI is InChI=1S/C18H20FNO2/c1-13-4-3-5-17(14(13)2)22-11-10-20-18(21)12-15-6-8-16(19)9-7-15/h3-9H,10-12H2,1-2H3,(H,20,21). The van der Waals surface area contributed by atoms with E-state index >= 15 is 0 Å². The highest BCUT2D eigenvalue weighted by molar-refractivity contribution is 5.78. The van der Waals surface area contributed by atoms with Gasteiger partial charge in [0.05, 0.1) is 13.0 Å². The minimum absolute atomic E-state index is 0.101. The second kappa shape index (κ2) is 7.59. The molecular weight excluding hydrogens is 281 g/mol. The highest BCUT2D eigenvalue weighted by Gasteiger charge is 2.04. The number of hydrogen-bond donors (Lipinski definition) is 1. The Balaban J connectivity index is 1.73. The first-order valence-corrected chi connectivity index (χ1v) is 7.26. The van der Waals surface area contributed by atoms with Crippen LogP contribution in [-0.2, 0) is 11.2 Å². The van der Waals surface area contributed by atoms with Crippen LogP contribution in [0.3, 0.4) is 0 Å². The molecule has 0 unspecified atom stereocenters. The minimum Gasteiger partial charge on any atom is -0.491 e. The van der Waals surface area contributed by atoms with Gasteiger partial charge in [-0.3, -0.25) is 4.79 Å². The van der Waals surface area contributed by atoms with Gasteiger partial charge in [0.1, 0.15) is 18.2 Å². The number of hydrogen-bond acceptors (Lipinski definition) is 2. The van der Waals surface area contributed by atoms with Gasteiger partial charge in [0.25, 0.3) is 0 Å². The fourth-order valence-corrected chi connectivity index (χ4v) is 2.08. The van der Waals surface area contributed by atoms with Gasteiger partial charge in [-0.2, -0.15) is 0 Å². The quantitative estimate of drug-likeness (QED) is 0.832. The molecule has 3 nitrogen and oxygen atoms in total. The average molecular weight is 301 g/mol. The van der Waals surface area contributed by atoms with Crippen LogP contribution in [0.2, 0.25) is 0 Å². The van der Waals surface area contributed by atoms with E-state index in [1.165, 1.54) is 17.7 Å². The van der Waals surface area contributed by atoms with Crippen LogP contribution in [-0.4, -0.2) is 19.1 Å². The van der Waals surface area contributed by atoms with E-state index in [2.05, 4.69) is 5.32 Å². The zero-order chi connectivity index (χ0) is 15.9. The molecule has 0 aliphatic rings. The Morgan fingerprint density at radius 3 is 2.59 bits per heavy atom. The molecule has 4 heteroatoms. The van der Waals surface area contributed by atoms with Gasteiger partial charge < -0.3 is 10.1 Å². The lowest BCUT2D eigenvalue weighted by Crippen LogP contribution is -2.29. The monoisotopic (exact) mass is 301 g/mol. The zero-order valence-corrected chi connectivity index (χ0v) is 12.9. The van der Waals surface area contributed by atoms with Crippen LogP contribution in [0.15, 0.2) is 42.5 Å². The Kier molecular flexibility index (Phi) is 5.53. The number of nitrogens with one attached hydrogen (secondary N) is 1. The third-order valence-electron chi connectivity index (χ3n) is 3.51. The van der Waals surface area contributed by atoms with Crippen molar-refractivity contribution in [1.82, 2.24) is 5.32 Å². The number of amides is 1. The van der Waals surface area contributed by atoms with Crippen LogP contribution in [0.5, 0.6) is 5.75 Å². The van der Waals surface area contributed by atoms with E-state index in [0.29, 0.717) is 13.2 Å². The number of aryl methyl sites for hydroxylation is 1. The van der Waals surface area contributed by atoms with Gasteiger partial charge in [0, 0.05) is 0 Å². The lowest BCUT2D eigenvalue weighted by molar-refractivity contribution is -0.120. The Morgan fingerprint density at radius 1 is 1.14 bits per heavy atom. The van der Waals surface area contributed by atoms with E-state index in [1.807, 2.05) is 32.0 Å². The van der Waals surface area contributed by atoms with Crippen LogP contribution in [0.1, 0.15) is 16.7 Å². The minimum atomic E-state index is -0.300. The third-order valence-corrected chi connectivity index (χ3v) is 3.51. The van der Waals surface area contributed by atoms with Gasteiger partial charge >= 0.3 is 0 Å². The molecule has 0 saturated carbocycles. The Bertz CT molecular complexity index is 638. The van der Waals surface area contributed by atoms with Crippen molar-refractivity contribution in [3.63, 3.8) is 0 Å². The summed E-state index contributed by atoms with van der Waals surface area (Å²) in [5.41, 5.74) is 3.08. The SMILES string of the molecule is Cc1cccc(OCCNC(=O)Cc2ccc(F)cc2)c1C. The van der Waals surface area contributed by atoms with Gasteiger partial charge in [0.2, 0.25) is 5.91 Å². The highest BCUT2D eigenvalue weighted by atomic mass is 19.1. The molecule has 22 heavy (non-hydrogen) atoms. The molecule has 2 aromatic rings. The normalized spacial score (nSPS) is 10.3. The largest absolute Gasteiger partial charge is 0.491 e. The molecule has 0 spiro atoms. The number of carbonyl (C=O) groups is 1. The third kappa shape index (κ3) is 4.58. The number of ether oxygens (including phenoxy) is 1. The average Bonchev–Trinajstić information content (AvgIpc) is 2.50. The maximum atomic E-state index is 12.8. The van der Waals surface area contributed by atoms with Gasteiger partial charge in [-0.05, 0) is 48.7 Å². The van der Waals surface area contributed by atoms with E-state index in [1.54, 1.807) is 12.1 Å². The van der Waals surface area contributed by atoms with E-state index in [0.717, 1.165) is 16.9 Å². The summed E-state index contributed by atoms with van der Waals surface area (Å²) < 4.78 is 18.4. The summed E-state index contributed by atoms with van der Waals surface area (Å²) in [5, 5.41) is 2.79. The summed E-state index contributed by atoms with van der Waals surface area (Å²) in [5.74, 6) is 0.440. The summed E-state index contributed by atoms with van der Waals surface area (Å²) >= 11 is 0. The second-order valence-corrected chi connectivity index (χ2v) is 5.20. The van der Waals surface area contributed by atoms with E-state index in [4.69, 9.17) is 4.74 Å². The molecule has 0 saturated heterocycles. The predicted octanol–water partition coefficient (Wildman–Crippen LogP) is 3.18. The first-order chi connectivity index (χ1) is 10.6. The predicted molar refractivity (Wildman–Crippen MR) is 84.5 cm³/mol. The molecule has 0 aliphatic heterocycles. The van der Waals surface area contributed by atoms with E-state index in [-0.39, 0.29) is 18.1 Å². The molecule has 1 N–H and O–H groups in total. The molecule has 2 rings (SSSR count). The second-order valence-electron chi connectivity index (χ2n) is 5.20. The zero-order valence-electron chi connectivity index (χ0n) is 12.9. The first-order valence-electron chi connectivity index (χ1n) is 7.26. The van der Waals surface area contributed by atoms with Crippen molar-refractivity contribution in [2.24, 2.45) is 0 Å². The lowest BCUT2D eigenvalue weighted by atomic mass is 10.1. The number of benzene rings is 2. The molecule has 0 radical (unpaired) electrons. The maximum absolute atomic E-state index is 12.8. The van der Waals surface area contributed by atoms with Crippen LogP contribution < -0.4 is 10.1 Å². The van der Waals surface area contributed by atoms with Crippen molar-refractivity contribution in [2.75, 3.05) is 13.2 Å². The summed E-state index contributed by atoms with van der Waals surface area (Å²) in [6.45, 7) is 4.90. The highest BCUT2D eigenvalue weighted by Crippen LogP contribution is 2.20. The number of rotatable bonds is 6. The van der Waals surface area contributed by atoms with E-state index < -0.39 is 0 Å².